The first kappa shape index (κ1) is 12.3. The topological polar surface area (TPSA) is 70.4 Å². The maximum atomic E-state index is 12.7. The van der Waals surface area contributed by atoms with Gasteiger partial charge in [-0.25, -0.2) is 4.90 Å². The fraction of sp³-hybridized carbons (Fsp3) is 0.312. The summed E-state index contributed by atoms with van der Waals surface area (Å²) in [5.41, 5.74) is 0.333. The number of hydrogen-bond acceptors (Lipinski definition) is 4. The van der Waals surface area contributed by atoms with Crippen LogP contribution in [0.4, 0.5) is 5.69 Å². The van der Waals surface area contributed by atoms with Crippen molar-refractivity contribution in [3.63, 3.8) is 0 Å². The SMILES string of the molecule is C[C@]12C=C[C@H](O1)[C@@H]1C(=O)N(c3ccc(C#N)cc3)C(=O)[C@@H]12. The van der Waals surface area contributed by atoms with Crippen molar-refractivity contribution in [2.45, 2.75) is 18.6 Å². The number of carbonyl (C=O) groups is 2. The number of benzene rings is 1. The first-order valence-electron chi connectivity index (χ1n) is 6.80. The van der Waals surface area contributed by atoms with Crippen LogP contribution in [-0.4, -0.2) is 23.5 Å². The molecule has 2 amide bonds. The van der Waals surface area contributed by atoms with Crippen molar-refractivity contribution < 1.29 is 14.3 Å². The summed E-state index contributed by atoms with van der Waals surface area (Å²) in [6, 6.07) is 8.50. The van der Waals surface area contributed by atoms with Crippen molar-refractivity contribution in [3.8, 4) is 6.07 Å². The van der Waals surface area contributed by atoms with E-state index in [1.165, 1.54) is 4.90 Å². The van der Waals surface area contributed by atoms with Gasteiger partial charge in [-0.2, -0.15) is 5.26 Å². The molecule has 0 spiro atoms. The molecular formula is C16H12N2O3. The Hall–Kier alpha value is -2.45. The maximum absolute atomic E-state index is 12.7. The smallest absolute Gasteiger partial charge is 0.241 e. The Morgan fingerprint density at radius 2 is 1.95 bits per heavy atom. The molecule has 0 aliphatic carbocycles. The molecule has 5 heteroatoms. The molecule has 4 atom stereocenters. The van der Waals surface area contributed by atoms with Gasteiger partial charge >= 0.3 is 0 Å². The molecule has 0 radical (unpaired) electrons. The first-order chi connectivity index (χ1) is 10.0. The summed E-state index contributed by atoms with van der Waals surface area (Å²) in [4.78, 5) is 26.5. The van der Waals surface area contributed by atoms with Gasteiger partial charge in [0.25, 0.3) is 0 Å². The molecule has 5 nitrogen and oxygen atoms in total. The second-order valence-corrected chi connectivity index (χ2v) is 5.80. The van der Waals surface area contributed by atoms with Crippen LogP contribution in [-0.2, 0) is 14.3 Å². The number of fused-ring (bicyclic) bond motifs is 5. The zero-order chi connectivity index (χ0) is 14.8. The van der Waals surface area contributed by atoms with E-state index < -0.39 is 17.4 Å². The third kappa shape index (κ3) is 1.43. The standard InChI is InChI=1S/C16H12N2O3/c1-16-7-6-11(21-16)12-13(16)15(20)18(14(12)19)10-4-2-9(8-17)3-5-10/h2-7,11-13H,1H3/t11-,12-,13+,16+/m0/s1. The Kier molecular flexibility index (Phi) is 2.23. The Labute approximate surface area is 121 Å². The van der Waals surface area contributed by atoms with Crippen molar-refractivity contribution in [2.24, 2.45) is 11.8 Å². The molecule has 0 N–H and O–H groups in total. The molecule has 3 aliphatic heterocycles. The normalized spacial score (nSPS) is 36.2. The number of anilines is 1. The molecule has 21 heavy (non-hydrogen) atoms. The third-order valence-corrected chi connectivity index (χ3v) is 4.58. The minimum Gasteiger partial charge on any atom is -0.362 e. The van der Waals surface area contributed by atoms with Gasteiger partial charge in [-0.05, 0) is 31.2 Å². The summed E-state index contributed by atoms with van der Waals surface area (Å²) in [7, 11) is 0. The fourth-order valence-electron chi connectivity index (χ4n) is 3.59. The van der Waals surface area contributed by atoms with E-state index in [1.807, 2.05) is 25.1 Å². The van der Waals surface area contributed by atoms with Crippen LogP contribution >= 0.6 is 0 Å². The lowest BCUT2D eigenvalue weighted by Crippen LogP contribution is -2.38. The maximum Gasteiger partial charge on any atom is 0.241 e. The lowest BCUT2D eigenvalue weighted by molar-refractivity contribution is -0.126. The van der Waals surface area contributed by atoms with Crippen LogP contribution in [0.5, 0.6) is 0 Å². The fourth-order valence-corrected chi connectivity index (χ4v) is 3.59. The Morgan fingerprint density at radius 1 is 1.24 bits per heavy atom. The average molecular weight is 280 g/mol. The highest BCUT2D eigenvalue weighted by Crippen LogP contribution is 2.52. The van der Waals surface area contributed by atoms with Gasteiger partial charge in [0.05, 0.1) is 40.9 Å². The molecule has 2 saturated heterocycles. The average Bonchev–Trinajstić information content (AvgIpc) is 3.09. The zero-order valence-corrected chi connectivity index (χ0v) is 11.3. The number of ether oxygens (including phenoxy) is 1. The van der Waals surface area contributed by atoms with E-state index in [-0.39, 0.29) is 17.9 Å². The Bertz CT molecular complexity index is 731. The number of rotatable bonds is 1. The summed E-state index contributed by atoms with van der Waals surface area (Å²) in [6.45, 7) is 1.85. The van der Waals surface area contributed by atoms with Crippen LogP contribution in [0.25, 0.3) is 0 Å². The van der Waals surface area contributed by atoms with Crippen molar-refractivity contribution in [2.75, 3.05) is 4.90 Å². The van der Waals surface area contributed by atoms with Gasteiger partial charge in [0.15, 0.2) is 0 Å². The molecule has 3 heterocycles. The highest BCUT2D eigenvalue weighted by molar-refractivity contribution is 6.23. The van der Waals surface area contributed by atoms with Crippen LogP contribution in [0.2, 0.25) is 0 Å². The largest absolute Gasteiger partial charge is 0.362 e. The predicted octanol–water partition coefficient (Wildman–Crippen LogP) is 1.39. The highest BCUT2D eigenvalue weighted by Gasteiger charge is 2.65. The van der Waals surface area contributed by atoms with E-state index >= 15 is 0 Å². The molecule has 1 aromatic rings. The molecule has 104 valence electrons. The molecule has 0 saturated carbocycles. The number of carbonyl (C=O) groups excluding carboxylic acids is 2. The van der Waals surface area contributed by atoms with Crippen LogP contribution in [0.3, 0.4) is 0 Å². The number of nitriles is 1. The van der Waals surface area contributed by atoms with Gasteiger partial charge in [-0.1, -0.05) is 12.2 Å². The summed E-state index contributed by atoms with van der Waals surface area (Å²) in [5, 5.41) is 8.82. The summed E-state index contributed by atoms with van der Waals surface area (Å²) in [6.07, 6.45) is 3.45. The second kappa shape index (κ2) is 3.80. The number of hydrogen-bond donors (Lipinski definition) is 0. The van der Waals surface area contributed by atoms with Crippen LogP contribution in [0.15, 0.2) is 36.4 Å². The van der Waals surface area contributed by atoms with Crippen molar-refractivity contribution in [1.29, 1.82) is 5.26 Å². The van der Waals surface area contributed by atoms with Crippen LogP contribution < -0.4 is 4.90 Å². The molecule has 1 aromatic carbocycles. The van der Waals surface area contributed by atoms with E-state index in [0.29, 0.717) is 11.3 Å². The van der Waals surface area contributed by atoms with Gasteiger partial charge in [0.2, 0.25) is 11.8 Å². The second-order valence-electron chi connectivity index (χ2n) is 5.80. The summed E-state index contributed by atoms with van der Waals surface area (Å²) < 4.78 is 5.77. The van der Waals surface area contributed by atoms with Gasteiger partial charge in [0.1, 0.15) is 0 Å². The summed E-state index contributed by atoms with van der Waals surface area (Å²) >= 11 is 0. The molecule has 0 unspecified atom stereocenters. The molecule has 2 fully saturated rings. The molecule has 2 bridgehead atoms. The lowest BCUT2D eigenvalue weighted by atomic mass is 9.78. The quantitative estimate of drug-likeness (QED) is 0.576. The van der Waals surface area contributed by atoms with Crippen molar-refractivity contribution in [1.82, 2.24) is 0 Å². The van der Waals surface area contributed by atoms with E-state index in [1.54, 1.807) is 24.3 Å². The van der Waals surface area contributed by atoms with Crippen LogP contribution in [0, 0.1) is 23.2 Å². The van der Waals surface area contributed by atoms with Crippen molar-refractivity contribution >= 4 is 17.5 Å². The lowest BCUT2D eigenvalue weighted by Gasteiger charge is -2.24. The summed E-state index contributed by atoms with van der Waals surface area (Å²) in [5.74, 6) is -1.31. The highest BCUT2D eigenvalue weighted by atomic mass is 16.5. The third-order valence-electron chi connectivity index (χ3n) is 4.58. The van der Waals surface area contributed by atoms with E-state index in [0.717, 1.165) is 0 Å². The number of amides is 2. The van der Waals surface area contributed by atoms with Crippen LogP contribution in [0.1, 0.15) is 12.5 Å². The van der Waals surface area contributed by atoms with Gasteiger partial charge < -0.3 is 4.74 Å². The number of imide groups is 1. The minimum atomic E-state index is -0.677. The molecule has 4 rings (SSSR count). The predicted molar refractivity (Wildman–Crippen MR) is 73.0 cm³/mol. The van der Waals surface area contributed by atoms with E-state index in [4.69, 9.17) is 10.00 Å². The van der Waals surface area contributed by atoms with Gasteiger partial charge in [-0.15, -0.1) is 0 Å². The Balaban J connectivity index is 1.75. The number of nitrogens with zero attached hydrogens (tertiary/aromatic N) is 2. The van der Waals surface area contributed by atoms with E-state index in [9.17, 15) is 9.59 Å². The first-order valence-corrected chi connectivity index (χ1v) is 6.80. The molecule has 3 aliphatic rings. The minimum absolute atomic E-state index is 0.215. The Morgan fingerprint density at radius 3 is 2.57 bits per heavy atom. The zero-order valence-electron chi connectivity index (χ0n) is 11.3. The molecular weight excluding hydrogens is 268 g/mol. The van der Waals surface area contributed by atoms with Crippen molar-refractivity contribution in [3.05, 3.63) is 42.0 Å². The monoisotopic (exact) mass is 280 g/mol. The molecule has 0 aromatic heterocycles. The van der Waals surface area contributed by atoms with Gasteiger partial charge in [0, 0.05) is 0 Å². The van der Waals surface area contributed by atoms with E-state index in [2.05, 4.69) is 0 Å². The van der Waals surface area contributed by atoms with Gasteiger partial charge in [-0.3, -0.25) is 9.59 Å².